The zero-order chi connectivity index (χ0) is 19.9. The van der Waals surface area contributed by atoms with Crippen molar-refractivity contribution in [2.24, 2.45) is 4.99 Å². The number of nitrogens with one attached hydrogen (secondary N) is 2. The Morgan fingerprint density at radius 2 is 2.00 bits per heavy atom. The van der Waals surface area contributed by atoms with Gasteiger partial charge in [0.1, 0.15) is 5.76 Å². The number of hydrogen-bond donors (Lipinski definition) is 2. The average Bonchev–Trinajstić information content (AvgIpc) is 3.41. The van der Waals surface area contributed by atoms with Gasteiger partial charge in [0.25, 0.3) is 0 Å². The standard InChI is InChI=1S/C22H33N5O/c1-17(18-9-7-10-19(15-18)27-12-5-6-13-27)25-22(23-2)24-16-20(26(3)4)21-11-8-14-28-21/h7-11,14-15,17,20H,5-6,12-13,16H2,1-4H3,(H2,23,24,25). The van der Waals surface area contributed by atoms with E-state index in [0.717, 1.165) is 24.8 Å². The quantitative estimate of drug-likeness (QED) is 0.567. The number of hydrogen-bond acceptors (Lipinski definition) is 4. The highest BCUT2D eigenvalue weighted by Gasteiger charge is 2.18. The number of benzene rings is 1. The molecule has 2 heterocycles. The second kappa shape index (κ2) is 9.64. The molecule has 0 radical (unpaired) electrons. The van der Waals surface area contributed by atoms with Gasteiger partial charge in [-0.25, -0.2) is 0 Å². The smallest absolute Gasteiger partial charge is 0.191 e. The molecule has 6 heteroatoms. The van der Waals surface area contributed by atoms with Crippen molar-refractivity contribution in [3.63, 3.8) is 0 Å². The van der Waals surface area contributed by atoms with Gasteiger partial charge in [-0.1, -0.05) is 12.1 Å². The van der Waals surface area contributed by atoms with Gasteiger partial charge < -0.3 is 20.0 Å². The third-order valence-corrected chi connectivity index (χ3v) is 5.38. The lowest BCUT2D eigenvalue weighted by atomic mass is 10.1. The highest BCUT2D eigenvalue weighted by molar-refractivity contribution is 5.80. The lowest BCUT2D eigenvalue weighted by Gasteiger charge is -2.25. The third-order valence-electron chi connectivity index (χ3n) is 5.38. The summed E-state index contributed by atoms with van der Waals surface area (Å²) in [7, 11) is 5.91. The first-order valence-electron chi connectivity index (χ1n) is 10.1. The number of guanidine groups is 1. The lowest BCUT2D eigenvalue weighted by Crippen LogP contribution is -2.42. The molecule has 1 saturated heterocycles. The van der Waals surface area contributed by atoms with Crippen molar-refractivity contribution < 1.29 is 4.42 Å². The molecule has 28 heavy (non-hydrogen) atoms. The first-order valence-corrected chi connectivity index (χ1v) is 10.1. The van der Waals surface area contributed by atoms with Crippen molar-refractivity contribution in [2.75, 3.05) is 45.7 Å². The largest absolute Gasteiger partial charge is 0.468 e. The van der Waals surface area contributed by atoms with E-state index in [9.17, 15) is 0 Å². The van der Waals surface area contributed by atoms with E-state index in [2.05, 4.69) is 70.7 Å². The van der Waals surface area contributed by atoms with Crippen molar-refractivity contribution in [1.29, 1.82) is 0 Å². The minimum absolute atomic E-state index is 0.141. The molecule has 0 spiro atoms. The number of furan rings is 1. The second-order valence-electron chi connectivity index (χ2n) is 7.60. The summed E-state index contributed by atoms with van der Waals surface area (Å²) < 4.78 is 5.59. The summed E-state index contributed by atoms with van der Waals surface area (Å²) >= 11 is 0. The van der Waals surface area contributed by atoms with Crippen LogP contribution in [0.3, 0.4) is 0 Å². The van der Waals surface area contributed by atoms with Crippen LogP contribution in [0.15, 0.2) is 52.1 Å². The van der Waals surface area contributed by atoms with Crippen LogP contribution in [-0.4, -0.2) is 51.6 Å². The van der Waals surface area contributed by atoms with Gasteiger partial charge in [0.2, 0.25) is 0 Å². The van der Waals surface area contributed by atoms with Crippen molar-refractivity contribution in [3.8, 4) is 0 Å². The lowest BCUT2D eigenvalue weighted by molar-refractivity contribution is 0.258. The molecule has 2 atom stereocenters. The molecule has 1 aliphatic rings. The summed E-state index contributed by atoms with van der Waals surface area (Å²) in [4.78, 5) is 9.01. The molecule has 2 aromatic rings. The van der Waals surface area contributed by atoms with E-state index in [4.69, 9.17) is 4.42 Å². The Bertz CT molecular complexity index is 750. The number of likely N-dealkylation sites (N-methyl/N-ethyl adjacent to an activating group) is 1. The van der Waals surface area contributed by atoms with Crippen LogP contribution in [0.4, 0.5) is 5.69 Å². The molecule has 0 saturated carbocycles. The van der Waals surface area contributed by atoms with Crippen molar-refractivity contribution in [2.45, 2.75) is 31.8 Å². The topological polar surface area (TPSA) is 56.0 Å². The van der Waals surface area contributed by atoms with Gasteiger partial charge >= 0.3 is 0 Å². The molecular formula is C22H33N5O. The first kappa shape index (κ1) is 20.3. The van der Waals surface area contributed by atoms with Gasteiger partial charge in [0.15, 0.2) is 5.96 Å². The molecule has 1 aromatic heterocycles. The fourth-order valence-corrected chi connectivity index (χ4v) is 3.66. The number of nitrogens with zero attached hydrogens (tertiary/aromatic N) is 3. The summed E-state index contributed by atoms with van der Waals surface area (Å²) in [5.41, 5.74) is 2.58. The highest BCUT2D eigenvalue weighted by atomic mass is 16.3. The van der Waals surface area contributed by atoms with Gasteiger partial charge in [0, 0.05) is 32.4 Å². The summed E-state index contributed by atoms with van der Waals surface area (Å²) in [6.45, 7) is 5.20. The Labute approximate surface area is 168 Å². The first-order chi connectivity index (χ1) is 13.6. The van der Waals surface area contributed by atoms with Crippen LogP contribution in [0.1, 0.15) is 43.2 Å². The molecule has 2 N–H and O–H groups in total. The molecule has 1 aromatic carbocycles. The van der Waals surface area contributed by atoms with Crippen molar-refractivity contribution >= 4 is 11.6 Å². The van der Waals surface area contributed by atoms with E-state index >= 15 is 0 Å². The minimum atomic E-state index is 0.141. The van der Waals surface area contributed by atoms with Crippen LogP contribution in [0.25, 0.3) is 0 Å². The number of anilines is 1. The maximum atomic E-state index is 5.59. The Hall–Kier alpha value is -2.47. The normalized spacial score (nSPS) is 17.0. The fraction of sp³-hybridized carbons (Fsp3) is 0.500. The molecular weight excluding hydrogens is 350 g/mol. The maximum Gasteiger partial charge on any atom is 0.191 e. The molecule has 1 fully saturated rings. The zero-order valence-electron chi connectivity index (χ0n) is 17.5. The third kappa shape index (κ3) is 5.07. The van der Waals surface area contributed by atoms with E-state index in [0.29, 0.717) is 6.54 Å². The fourth-order valence-electron chi connectivity index (χ4n) is 3.66. The molecule has 6 nitrogen and oxygen atoms in total. The summed E-state index contributed by atoms with van der Waals surface area (Å²) in [5.74, 6) is 1.73. The van der Waals surface area contributed by atoms with E-state index < -0.39 is 0 Å². The van der Waals surface area contributed by atoms with E-state index in [1.54, 1.807) is 13.3 Å². The predicted molar refractivity (Wildman–Crippen MR) is 116 cm³/mol. The molecule has 0 aliphatic carbocycles. The molecule has 3 rings (SSSR count). The summed E-state index contributed by atoms with van der Waals surface area (Å²) in [5, 5.41) is 6.95. The minimum Gasteiger partial charge on any atom is -0.468 e. The van der Waals surface area contributed by atoms with Crippen molar-refractivity contribution in [3.05, 3.63) is 54.0 Å². The van der Waals surface area contributed by atoms with Crippen LogP contribution >= 0.6 is 0 Å². The van der Waals surface area contributed by atoms with Gasteiger partial charge in [-0.3, -0.25) is 9.89 Å². The van der Waals surface area contributed by atoms with E-state index in [1.807, 2.05) is 12.1 Å². The van der Waals surface area contributed by atoms with Gasteiger partial charge in [0.05, 0.1) is 18.3 Å². The zero-order valence-corrected chi connectivity index (χ0v) is 17.5. The maximum absolute atomic E-state index is 5.59. The Balaban J connectivity index is 1.60. The Morgan fingerprint density at radius 1 is 1.21 bits per heavy atom. The van der Waals surface area contributed by atoms with Crippen LogP contribution in [0.2, 0.25) is 0 Å². The Kier molecular flexibility index (Phi) is 6.98. The van der Waals surface area contributed by atoms with Crippen molar-refractivity contribution in [1.82, 2.24) is 15.5 Å². The van der Waals surface area contributed by atoms with Gasteiger partial charge in [-0.2, -0.15) is 0 Å². The number of rotatable bonds is 7. The Morgan fingerprint density at radius 3 is 2.64 bits per heavy atom. The van der Waals surface area contributed by atoms with E-state index in [-0.39, 0.29) is 12.1 Å². The SMILES string of the molecule is CN=C(NCC(c1ccco1)N(C)C)NC(C)c1cccc(N2CCCC2)c1. The summed E-state index contributed by atoms with van der Waals surface area (Å²) in [6.07, 6.45) is 4.29. The van der Waals surface area contributed by atoms with E-state index in [1.165, 1.54) is 24.1 Å². The molecule has 152 valence electrons. The number of aliphatic imine (C=N–C) groups is 1. The summed E-state index contributed by atoms with van der Waals surface area (Å²) in [6, 6.07) is 13.1. The van der Waals surface area contributed by atoms with Crippen LogP contribution in [0, 0.1) is 0 Å². The average molecular weight is 384 g/mol. The monoisotopic (exact) mass is 383 g/mol. The predicted octanol–water partition coefficient (Wildman–Crippen LogP) is 3.41. The van der Waals surface area contributed by atoms with Gasteiger partial charge in [-0.05, 0) is 63.7 Å². The molecule has 0 amide bonds. The molecule has 0 bridgehead atoms. The highest BCUT2D eigenvalue weighted by Crippen LogP contribution is 2.24. The van der Waals surface area contributed by atoms with Crippen LogP contribution < -0.4 is 15.5 Å². The van der Waals surface area contributed by atoms with Crippen LogP contribution in [0.5, 0.6) is 0 Å². The molecule has 1 aliphatic heterocycles. The van der Waals surface area contributed by atoms with Gasteiger partial charge in [-0.15, -0.1) is 0 Å². The molecule has 2 unspecified atom stereocenters. The van der Waals surface area contributed by atoms with Crippen LogP contribution in [-0.2, 0) is 0 Å². The second-order valence-corrected chi connectivity index (χ2v) is 7.60.